The van der Waals surface area contributed by atoms with Gasteiger partial charge in [0.2, 0.25) is 0 Å². The van der Waals surface area contributed by atoms with Gasteiger partial charge in [-0.3, -0.25) is 4.79 Å². The van der Waals surface area contributed by atoms with Crippen LogP contribution in [0.25, 0.3) is 0 Å². The molecule has 128 valence electrons. The monoisotopic (exact) mass is 342 g/mol. The van der Waals surface area contributed by atoms with Crippen LogP contribution in [0.3, 0.4) is 0 Å². The van der Waals surface area contributed by atoms with Crippen molar-refractivity contribution in [3.8, 4) is 0 Å². The molecule has 2 aromatic carbocycles. The molecule has 5 nitrogen and oxygen atoms in total. The summed E-state index contributed by atoms with van der Waals surface area (Å²) in [6.45, 7) is 0.676. The van der Waals surface area contributed by atoms with Gasteiger partial charge in [0, 0.05) is 18.2 Å². The summed E-state index contributed by atoms with van der Waals surface area (Å²) < 4.78 is 28.1. The number of rotatable bonds is 6. The molecule has 0 saturated heterocycles. The molecule has 1 heterocycles. The highest BCUT2D eigenvalue weighted by atomic mass is 19.1. The molecule has 0 spiro atoms. The number of carbonyl (C=O) groups is 1. The Morgan fingerprint density at radius 3 is 2.72 bits per heavy atom. The minimum atomic E-state index is -0.618. The molecule has 0 aliphatic carbocycles. The quantitative estimate of drug-likeness (QED) is 0.749. The zero-order valence-corrected chi connectivity index (χ0v) is 13.3. The van der Waals surface area contributed by atoms with Crippen LogP contribution in [0, 0.1) is 11.6 Å². The summed E-state index contributed by atoms with van der Waals surface area (Å²) in [5, 5.41) is 6.80. The number of carbonyl (C=O) groups excluding carboxylic acids is 1. The predicted molar refractivity (Wildman–Crippen MR) is 88.0 cm³/mol. The zero-order valence-electron chi connectivity index (χ0n) is 13.3. The molecule has 0 radical (unpaired) electrons. The summed E-state index contributed by atoms with van der Waals surface area (Å²) in [7, 11) is 0. The molecular weight excluding hydrogens is 326 g/mol. The van der Waals surface area contributed by atoms with Crippen LogP contribution in [0.4, 0.5) is 8.78 Å². The van der Waals surface area contributed by atoms with Gasteiger partial charge < -0.3 is 5.32 Å². The normalized spacial score (nSPS) is 10.6. The highest BCUT2D eigenvalue weighted by Gasteiger charge is 2.12. The molecule has 0 aliphatic heterocycles. The Kier molecular flexibility index (Phi) is 5.13. The number of amides is 1. The van der Waals surface area contributed by atoms with Gasteiger partial charge in [-0.1, -0.05) is 24.3 Å². The van der Waals surface area contributed by atoms with Crippen molar-refractivity contribution in [1.82, 2.24) is 20.1 Å². The molecule has 0 unspecified atom stereocenters. The summed E-state index contributed by atoms with van der Waals surface area (Å²) in [5.41, 5.74) is 1.69. The molecule has 0 atom stereocenters. The van der Waals surface area contributed by atoms with E-state index < -0.39 is 11.6 Å². The fraction of sp³-hybridized carbons (Fsp3) is 0.167. The Morgan fingerprint density at radius 2 is 1.96 bits per heavy atom. The van der Waals surface area contributed by atoms with E-state index in [1.165, 1.54) is 18.5 Å². The Bertz CT molecular complexity index is 865. The van der Waals surface area contributed by atoms with E-state index in [1.54, 1.807) is 23.1 Å². The Hall–Kier alpha value is -3.09. The van der Waals surface area contributed by atoms with Crippen molar-refractivity contribution >= 4 is 5.91 Å². The van der Waals surface area contributed by atoms with E-state index >= 15 is 0 Å². The van der Waals surface area contributed by atoms with Gasteiger partial charge in [-0.2, -0.15) is 5.10 Å². The van der Waals surface area contributed by atoms with E-state index in [0.717, 1.165) is 11.6 Å². The first kappa shape index (κ1) is 16.8. The van der Waals surface area contributed by atoms with E-state index in [2.05, 4.69) is 15.4 Å². The topological polar surface area (TPSA) is 59.8 Å². The maximum absolute atomic E-state index is 13.6. The molecule has 3 rings (SSSR count). The molecule has 0 aliphatic rings. The first-order valence-corrected chi connectivity index (χ1v) is 7.76. The minimum absolute atomic E-state index is 0.249. The van der Waals surface area contributed by atoms with Crippen LogP contribution >= 0.6 is 0 Å². The van der Waals surface area contributed by atoms with Crippen LogP contribution in [-0.2, 0) is 13.0 Å². The van der Waals surface area contributed by atoms with Crippen molar-refractivity contribution in [2.75, 3.05) is 6.54 Å². The molecule has 3 aromatic rings. The third-order valence-electron chi connectivity index (χ3n) is 3.76. The van der Waals surface area contributed by atoms with E-state index in [-0.39, 0.29) is 18.9 Å². The molecule has 0 bridgehead atoms. The molecule has 1 amide bonds. The highest BCUT2D eigenvalue weighted by Crippen LogP contribution is 2.12. The second-order valence-electron chi connectivity index (χ2n) is 5.49. The largest absolute Gasteiger partial charge is 0.352 e. The second kappa shape index (κ2) is 7.65. The molecule has 25 heavy (non-hydrogen) atoms. The average molecular weight is 342 g/mol. The number of benzene rings is 2. The van der Waals surface area contributed by atoms with Gasteiger partial charge in [-0.25, -0.2) is 18.4 Å². The van der Waals surface area contributed by atoms with Crippen LogP contribution in [0.1, 0.15) is 21.5 Å². The van der Waals surface area contributed by atoms with E-state index in [4.69, 9.17) is 0 Å². The SMILES string of the molecule is O=C(NCCc1ccc(F)cc1F)c1ccccc1Cn1cncn1. The third kappa shape index (κ3) is 4.26. The van der Waals surface area contributed by atoms with E-state index in [0.29, 0.717) is 17.7 Å². The summed E-state index contributed by atoms with van der Waals surface area (Å²) >= 11 is 0. The van der Waals surface area contributed by atoms with Gasteiger partial charge in [0.15, 0.2) is 0 Å². The third-order valence-corrected chi connectivity index (χ3v) is 3.76. The number of hydrogen-bond acceptors (Lipinski definition) is 3. The maximum Gasteiger partial charge on any atom is 0.251 e. The van der Waals surface area contributed by atoms with E-state index in [1.807, 2.05) is 12.1 Å². The molecule has 1 N–H and O–H groups in total. The lowest BCUT2D eigenvalue weighted by Gasteiger charge is -2.10. The van der Waals surface area contributed by atoms with Crippen molar-refractivity contribution in [2.24, 2.45) is 0 Å². The Labute approximate surface area is 143 Å². The van der Waals surface area contributed by atoms with Gasteiger partial charge in [0.25, 0.3) is 5.91 Å². The number of nitrogens with zero attached hydrogens (tertiary/aromatic N) is 3. The number of aromatic nitrogens is 3. The van der Waals surface area contributed by atoms with Crippen LogP contribution in [-0.4, -0.2) is 27.2 Å². The zero-order chi connectivity index (χ0) is 17.6. The fourth-order valence-corrected chi connectivity index (χ4v) is 2.50. The number of nitrogens with one attached hydrogen (secondary N) is 1. The molecule has 0 saturated carbocycles. The van der Waals surface area contributed by atoms with Crippen molar-refractivity contribution in [3.05, 3.63) is 83.4 Å². The van der Waals surface area contributed by atoms with Crippen LogP contribution in [0.5, 0.6) is 0 Å². The smallest absolute Gasteiger partial charge is 0.251 e. The second-order valence-corrected chi connectivity index (χ2v) is 5.49. The summed E-state index contributed by atoms with van der Waals surface area (Å²) in [6, 6.07) is 10.6. The lowest BCUT2D eigenvalue weighted by molar-refractivity contribution is 0.0953. The van der Waals surface area contributed by atoms with Crippen molar-refractivity contribution in [3.63, 3.8) is 0 Å². The highest BCUT2D eigenvalue weighted by molar-refractivity contribution is 5.95. The Morgan fingerprint density at radius 1 is 1.12 bits per heavy atom. The summed E-state index contributed by atoms with van der Waals surface area (Å²) in [6.07, 6.45) is 3.29. The molecule has 7 heteroatoms. The standard InChI is InChI=1S/C18H16F2N4O/c19-15-6-5-13(17(20)9-15)7-8-22-18(25)16-4-2-1-3-14(16)10-24-12-21-11-23-24/h1-6,9,11-12H,7-8,10H2,(H,22,25). The number of hydrogen-bond donors (Lipinski definition) is 1. The lowest BCUT2D eigenvalue weighted by atomic mass is 10.1. The average Bonchev–Trinajstić information content (AvgIpc) is 3.10. The van der Waals surface area contributed by atoms with Crippen LogP contribution in [0.2, 0.25) is 0 Å². The first-order chi connectivity index (χ1) is 12.1. The van der Waals surface area contributed by atoms with Gasteiger partial charge in [0.05, 0.1) is 6.54 Å². The minimum Gasteiger partial charge on any atom is -0.352 e. The summed E-state index contributed by atoms with van der Waals surface area (Å²) in [5.74, 6) is -1.48. The van der Waals surface area contributed by atoms with Gasteiger partial charge in [-0.15, -0.1) is 0 Å². The number of halogens is 2. The summed E-state index contributed by atoms with van der Waals surface area (Å²) in [4.78, 5) is 16.3. The first-order valence-electron chi connectivity index (χ1n) is 7.76. The van der Waals surface area contributed by atoms with Crippen molar-refractivity contribution < 1.29 is 13.6 Å². The maximum atomic E-state index is 13.6. The molecule has 0 fully saturated rings. The molecule has 1 aromatic heterocycles. The lowest BCUT2D eigenvalue weighted by Crippen LogP contribution is -2.27. The van der Waals surface area contributed by atoms with E-state index in [9.17, 15) is 13.6 Å². The van der Waals surface area contributed by atoms with Gasteiger partial charge in [0.1, 0.15) is 24.3 Å². The van der Waals surface area contributed by atoms with Gasteiger partial charge >= 0.3 is 0 Å². The van der Waals surface area contributed by atoms with Gasteiger partial charge in [-0.05, 0) is 29.7 Å². The van der Waals surface area contributed by atoms with Crippen molar-refractivity contribution in [1.29, 1.82) is 0 Å². The Balaban J connectivity index is 1.63. The fourth-order valence-electron chi connectivity index (χ4n) is 2.50. The predicted octanol–water partition coefficient (Wildman–Crippen LogP) is 2.58. The van der Waals surface area contributed by atoms with Crippen LogP contribution in [0.15, 0.2) is 55.1 Å². The van der Waals surface area contributed by atoms with Crippen LogP contribution < -0.4 is 5.32 Å². The van der Waals surface area contributed by atoms with Crippen molar-refractivity contribution in [2.45, 2.75) is 13.0 Å². The molecular formula is C18H16F2N4O.